The molecule has 0 aliphatic heterocycles. The van der Waals surface area contributed by atoms with E-state index in [4.69, 9.17) is 4.74 Å². The summed E-state index contributed by atoms with van der Waals surface area (Å²) in [6.45, 7) is 2.79. The van der Waals surface area contributed by atoms with Gasteiger partial charge in [-0.3, -0.25) is 5.10 Å². The van der Waals surface area contributed by atoms with Crippen molar-refractivity contribution in [2.75, 3.05) is 12.4 Å². The second kappa shape index (κ2) is 4.70. The predicted molar refractivity (Wildman–Crippen MR) is 63.6 cm³/mol. The number of nitrogens with zero attached hydrogens (tertiary/aromatic N) is 1. The van der Waals surface area contributed by atoms with Gasteiger partial charge < -0.3 is 10.1 Å². The number of hydrogen-bond acceptors (Lipinski definition) is 3. The van der Waals surface area contributed by atoms with Crippen LogP contribution in [-0.4, -0.2) is 17.3 Å². The molecule has 0 saturated carbocycles. The average Bonchev–Trinajstić information content (AvgIpc) is 2.81. The maximum absolute atomic E-state index is 5.19. The van der Waals surface area contributed by atoms with Crippen LogP contribution in [0.15, 0.2) is 30.5 Å². The van der Waals surface area contributed by atoms with E-state index in [1.165, 1.54) is 5.56 Å². The average molecular weight is 217 g/mol. The number of methoxy groups -OCH3 is 1. The van der Waals surface area contributed by atoms with E-state index in [0.29, 0.717) is 0 Å². The van der Waals surface area contributed by atoms with E-state index in [9.17, 15) is 0 Å². The first-order valence-corrected chi connectivity index (χ1v) is 5.16. The fourth-order valence-corrected chi connectivity index (χ4v) is 1.49. The maximum Gasteiger partial charge on any atom is 0.120 e. The quantitative estimate of drug-likeness (QED) is 0.826. The van der Waals surface area contributed by atoms with Gasteiger partial charge in [0.1, 0.15) is 5.75 Å². The molecule has 0 aliphatic carbocycles. The Kier molecular flexibility index (Phi) is 3.10. The minimum Gasteiger partial charge on any atom is -0.497 e. The Hall–Kier alpha value is -1.97. The third-order valence-electron chi connectivity index (χ3n) is 2.47. The number of aryl methyl sites for hydroxylation is 1. The van der Waals surface area contributed by atoms with Crippen LogP contribution in [0.1, 0.15) is 11.3 Å². The van der Waals surface area contributed by atoms with Gasteiger partial charge in [-0.05, 0) is 24.6 Å². The van der Waals surface area contributed by atoms with Crippen LogP contribution in [-0.2, 0) is 6.54 Å². The van der Waals surface area contributed by atoms with Gasteiger partial charge in [0.15, 0.2) is 0 Å². The lowest BCUT2D eigenvalue weighted by atomic mass is 10.2. The van der Waals surface area contributed by atoms with E-state index in [1.807, 2.05) is 24.3 Å². The van der Waals surface area contributed by atoms with Crippen molar-refractivity contribution < 1.29 is 4.74 Å². The molecule has 4 nitrogen and oxygen atoms in total. The van der Waals surface area contributed by atoms with Gasteiger partial charge in [0.25, 0.3) is 0 Å². The van der Waals surface area contributed by atoms with Crippen molar-refractivity contribution in [3.8, 4) is 5.75 Å². The predicted octanol–water partition coefficient (Wildman–Crippen LogP) is 2.34. The van der Waals surface area contributed by atoms with Gasteiger partial charge in [-0.2, -0.15) is 5.10 Å². The zero-order valence-electron chi connectivity index (χ0n) is 9.45. The molecule has 0 atom stereocenters. The topological polar surface area (TPSA) is 49.9 Å². The summed E-state index contributed by atoms with van der Waals surface area (Å²) in [6.07, 6.45) is 1.75. The zero-order valence-corrected chi connectivity index (χ0v) is 9.45. The van der Waals surface area contributed by atoms with Crippen LogP contribution in [0.2, 0.25) is 0 Å². The highest BCUT2D eigenvalue weighted by Crippen LogP contribution is 2.21. The van der Waals surface area contributed by atoms with Crippen molar-refractivity contribution in [2.24, 2.45) is 0 Å². The lowest BCUT2D eigenvalue weighted by Crippen LogP contribution is -2.01. The molecule has 0 unspecified atom stereocenters. The Morgan fingerprint density at radius 1 is 1.38 bits per heavy atom. The summed E-state index contributed by atoms with van der Waals surface area (Å²) in [5.74, 6) is 0.859. The van der Waals surface area contributed by atoms with Crippen LogP contribution >= 0.6 is 0 Å². The van der Waals surface area contributed by atoms with E-state index >= 15 is 0 Å². The van der Waals surface area contributed by atoms with Crippen LogP contribution < -0.4 is 10.1 Å². The van der Waals surface area contributed by atoms with E-state index in [1.54, 1.807) is 13.3 Å². The summed E-state index contributed by atoms with van der Waals surface area (Å²) in [5, 5.41) is 10.2. The lowest BCUT2D eigenvalue weighted by Gasteiger charge is -2.10. The molecule has 16 heavy (non-hydrogen) atoms. The fraction of sp³-hybridized carbons (Fsp3) is 0.250. The van der Waals surface area contributed by atoms with Crippen molar-refractivity contribution in [3.05, 3.63) is 41.7 Å². The molecule has 1 aromatic carbocycles. The summed E-state index contributed by atoms with van der Waals surface area (Å²) >= 11 is 0. The molecule has 0 amide bonds. The minimum absolute atomic E-state index is 0.730. The molecule has 0 radical (unpaired) electrons. The van der Waals surface area contributed by atoms with Gasteiger partial charge in [-0.15, -0.1) is 0 Å². The smallest absolute Gasteiger partial charge is 0.120 e. The second-order valence-electron chi connectivity index (χ2n) is 3.62. The summed E-state index contributed by atoms with van der Waals surface area (Å²) in [5.41, 5.74) is 3.33. The molecule has 0 spiro atoms. The number of benzene rings is 1. The highest BCUT2D eigenvalue weighted by molar-refractivity contribution is 5.54. The molecule has 0 saturated heterocycles. The molecule has 4 heteroatoms. The standard InChI is InChI=1S/C12H15N3O/c1-9-3-4-11(16-2)7-12(9)13-8-10-5-6-14-15-10/h3-7,13H,8H2,1-2H3,(H,14,15). The number of aromatic nitrogens is 2. The molecular weight excluding hydrogens is 202 g/mol. The van der Waals surface area contributed by atoms with E-state index in [0.717, 1.165) is 23.7 Å². The Morgan fingerprint density at radius 2 is 2.25 bits per heavy atom. The molecule has 2 aromatic rings. The first kappa shape index (κ1) is 10.5. The second-order valence-corrected chi connectivity index (χ2v) is 3.62. The highest BCUT2D eigenvalue weighted by atomic mass is 16.5. The van der Waals surface area contributed by atoms with Gasteiger partial charge in [0, 0.05) is 18.0 Å². The van der Waals surface area contributed by atoms with Gasteiger partial charge in [-0.1, -0.05) is 6.07 Å². The summed E-state index contributed by atoms with van der Waals surface area (Å²) in [7, 11) is 1.67. The normalized spacial score (nSPS) is 10.1. The molecule has 84 valence electrons. The maximum atomic E-state index is 5.19. The van der Waals surface area contributed by atoms with Crippen LogP contribution in [0.4, 0.5) is 5.69 Å². The first-order valence-electron chi connectivity index (χ1n) is 5.16. The molecule has 0 aliphatic rings. The van der Waals surface area contributed by atoms with E-state index in [2.05, 4.69) is 22.4 Å². The van der Waals surface area contributed by atoms with Crippen molar-refractivity contribution in [2.45, 2.75) is 13.5 Å². The van der Waals surface area contributed by atoms with Crippen LogP contribution in [0.3, 0.4) is 0 Å². The van der Waals surface area contributed by atoms with Crippen molar-refractivity contribution in [1.29, 1.82) is 0 Å². The molecule has 2 N–H and O–H groups in total. The van der Waals surface area contributed by atoms with Gasteiger partial charge in [0.05, 0.1) is 19.3 Å². The Balaban J connectivity index is 2.08. The summed E-state index contributed by atoms with van der Waals surface area (Å²) < 4.78 is 5.19. The largest absolute Gasteiger partial charge is 0.497 e. The Morgan fingerprint density at radius 3 is 2.94 bits per heavy atom. The third kappa shape index (κ3) is 2.34. The molecule has 0 bridgehead atoms. The number of rotatable bonds is 4. The first-order chi connectivity index (χ1) is 7.79. The molecule has 1 heterocycles. The Labute approximate surface area is 94.6 Å². The van der Waals surface area contributed by atoms with Gasteiger partial charge >= 0.3 is 0 Å². The van der Waals surface area contributed by atoms with Gasteiger partial charge in [0.2, 0.25) is 0 Å². The number of nitrogens with one attached hydrogen (secondary N) is 2. The third-order valence-corrected chi connectivity index (χ3v) is 2.47. The minimum atomic E-state index is 0.730. The molecule has 1 aromatic heterocycles. The van der Waals surface area contributed by atoms with Crippen LogP contribution in [0, 0.1) is 6.92 Å². The number of anilines is 1. The van der Waals surface area contributed by atoms with Crippen molar-refractivity contribution in [1.82, 2.24) is 10.2 Å². The number of H-pyrrole nitrogens is 1. The number of aromatic amines is 1. The Bertz CT molecular complexity index is 451. The number of ether oxygens (including phenoxy) is 1. The van der Waals surface area contributed by atoms with Crippen molar-refractivity contribution >= 4 is 5.69 Å². The summed E-state index contributed by atoms with van der Waals surface area (Å²) in [6, 6.07) is 7.93. The van der Waals surface area contributed by atoms with E-state index in [-0.39, 0.29) is 0 Å². The zero-order chi connectivity index (χ0) is 11.4. The SMILES string of the molecule is COc1ccc(C)c(NCc2ccn[nH]2)c1. The van der Waals surface area contributed by atoms with Crippen LogP contribution in [0.25, 0.3) is 0 Å². The van der Waals surface area contributed by atoms with Gasteiger partial charge in [-0.25, -0.2) is 0 Å². The molecule has 0 fully saturated rings. The monoisotopic (exact) mass is 217 g/mol. The summed E-state index contributed by atoms with van der Waals surface area (Å²) in [4.78, 5) is 0. The lowest BCUT2D eigenvalue weighted by molar-refractivity contribution is 0.415. The number of hydrogen-bond donors (Lipinski definition) is 2. The van der Waals surface area contributed by atoms with Crippen molar-refractivity contribution in [3.63, 3.8) is 0 Å². The fourth-order valence-electron chi connectivity index (χ4n) is 1.49. The van der Waals surface area contributed by atoms with Crippen LogP contribution in [0.5, 0.6) is 5.75 Å². The van der Waals surface area contributed by atoms with E-state index < -0.39 is 0 Å². The molecular formula is C12H15N3O. The highest BCUT2D eigenvalue weighted by Gasteiger charge is 2.01. The molecule has 2 rings (SSSR count).